The Morgan fingerprint density at radius 3 is 2.61 bits per heavy atom. The van der Waals surface area contributed by atoms with Gasteiger partial charge in [0.1, 0.15) is 0 Å². The summed E-state index contributed by atoms with van der Waals surface area (Å²) in [5, 5.41) is 0. The number of hydrogen-bond donors (Lipinski definition) is 0. The molecule has 2 aliphatic heterocycles. The van der Waals surface area contributed by atoms with Gasteiger partial charge in [-0.15, -0.1) is 0 Å². The summed E-state index contributed by atoms with van der Waals surface area (Å²) in [4.78, 5) is 4.95. The lowest BCUT2D eigenvalue weighted by atomic mass is 9.68. The fourth-order valence-corrected chi connectivity index (χ4v) is 4.25. The molecule has 0 aromatic carbocycles. The molecule has 132 valence electrons. The number of rotatable bonds is 5. The third-order valence-electron chi connectivity index (χ3n) is 5.94. The van der Waals surface area contributed by atoms with Crippen molar-refractivity contribution >= 4 is 0 Å². The van der Waals surface area contributed by atoms with E-state index in [0.717, 1.165) is 39.2 Å². The minimum Gasteiger partial charge on any atom is -0.375 e. The molecule has 0 aromatic heterocycles. The van der Waals surface area contributed by atoms with Crippen LogP contribution < -0.4 is 0 Å². The van der Waals surface area contributed by atoms with Gasteiger partial charge in [0.05, 0.1) is 18.7 Å². The van der Waals surface area contributed by atoms with E-state index >= 15 is 0 Å². The Morgan fingerprint density at radius 1 is 1.13 bits per heavy atom. The Hall–Kier alpha value is -0.560. The highest BCUT2D eigenvalue weighted by Crippen LogP contribution is 2.45. The minimum atomic E-state index is 0.0929. The largest absolute Gasteiger partial charge is 0.375 e. The fraction of sp³-hybridized carbons (Fsp3) is 0.900. The normalized spacial score (nSPS) is 32.0. The van der Waals surface area contributed by atoms with Crippen LogP contribution in [0.4, 0.5) is 0 Å². The van der Waals surface area contributed by atoms with E-state index in [4.69, 9.17) is 4.74 Å². The first-order valence-electron chi connectivity index (χ1n) is 9.59. The van der Waals surface area contributed by atoms with Crippen LogP contribution in [0.1, 0.15) is 59.8 Å². The molecule has 2 unspecified atom stereocenters. The fourth-order valence-electron chi connectivity index (χ4n) is 4.25. The van der Waals surface area contributed by atoms with E-state index in [1.807, 2.05) is 0 Å². The molecule has 2 aliphatic rings. The van der Waals surface area contributed by atoms with E-state index in [-0.39, 0.29) is 5.60 Å². The quantitative estimate of drug-likeness (QED) is 0.722. The lowest BCUT2D eigenvalue weighted by Gasteiger charge is -2.50. The molecule has 3 nitrogen and oxygen atoms in total. The first-order valence-corrected chi connectivity index (χ1v) is 9.59. The van der Waals surface area contributed by atoms with Gasteiger partial charge in [0.2, 0.25) is 0 Å². The molecule has 3 heteroatoms. The highest BCUT2D eigenvalue weighted by atomic mass is 16.5. The van der Waals surface area contributed by atoms with Crippen LogP contribution in [0.3, 0.4) is 0 Å². The van der Waals surface area contributed by atoms with Crippen LogP contribution in [0, 0.1) is 17.3 Å². The van der Waals surface area contributed by atoms with E-state index in [1.54, 1.807) is 0 Å². The summed E-state index contributed by atoms with van der Waals surface area (Å²) in [6, 6.07) is 0. The van der Waals surface area contributed by atoms with Crippen LogP contribution in [0.2, 0.25) is 0 Å². The zero-order chi connectivity index (χ0) is 16.8. The van der Waals surface area contributed by atoms with Crippen LogP contribution in [0.25, 0.3) is 0 Å². The molecule has 0 aliphatic carbocycles. The number of likely N-dealkylation sites (tertiary alicyclic amines) is 1. The summed E-state index contributed by atoms with van der Waals surface area (Å²) < 4.78 is 6.07. The number of piperidine rings is 1. The van der Waals surface area contributed by atoms with Gasteiger partial charge in [-0.2, -0.15) is 0 Å². The molecule has 23 heavy (non-hydrogen) atoms. The van der Waals surface area contributed by atoms with Gasteiger partial charge in [0.25, 0.3) is 0 Å². The van der Waals surface area contributed by atoms with Crippen LogP contribution in [-0.2, 0) is 4.74 Å². The number of ether oxygens (including phenoxy) is 1. The number of hydrogen-bond acceptors (Lipinski definition) is 3. The molecule has 2 fully saturated rings. The third kappa shape index (κ3) is 5.21. The Balaban J connectivity index is 1.87. The molecule has 0 N–H and O–H groups in total. The second-order valence-corrected chi connectivity index (χ2v) is 7.71. The maximum atomic E-state index is 6.07. The Morgan fingerprint density at radius 2 is 1.91 bits per heavy atom. The van der Waals surface area contributed by atoms with Crippen LogP contribution in [-0.4, -0.2) is 61.3 Å². The van der Waals surface area contributed by atoms with Crippen molar-refractivity contribution < 1.29 is 4.74 Å². The molecule has 0 amide bonds. The average Bonchev–Trinajstić information content (AvgIpc) is 2.55. The first-order chi connectivity index (χ1) is 11.0. The summed E-state index contributed by atoms with van der Waals surface area (Å²) in [7, 11) is 0. The van der Waals surface area contributed by atoms with Gasteiger partial charge in [0.15, 0.2) is 0 Å². The first kappa shape index (κ1) is 18.8. The third-order valence-corrected chi connectivity index (χ3v) is 5.94. The van der Waals surface area contributed by atoms with E-state index in [9.17, 15) is 0 Å². The molecular weight excluding hydrogens is 284 g/mol. The standard InChI is InChI=1S/C20H36N2O/c1-5-19(4)17-20(12-16-23-19)11-10-15-22(18-20)14-9-8-13-21(6-2)7-3/h5-7,10-18H2,1-4H3. The molecule has 0 radical (unpaired) electrons. The Kier molecular flexibility index (Phi) is 6.95. The van der Waals surface area contributed by atoms with Crippen LogP contribution in [0.5, 0.6) is 0 Å². The highest BCUT2D eigenvalue weighted by molar-refractivity contribution is 5.05. The van der Waals surface area contributed by atoms with E-state index in [1.165, 1.54) is 38.8 Å². The van der Waals surface area contributed by atoms with E-state index in [0.29, 0.717) is 5.41 Å². The van der Waals surface area contributed by atoms with Crippen LogP contribution in [0.15, 0.2) is 0 Å². The van der Waals surface area contributed by atoms with Crippen molar-refractivity contribution in [2.75, 3.05) is 45.9 Å². The zero-order valence-corrected chi connectivity index (χ0v) is 15.8. The predicted molar refractivity (Wildman–Crippen MR) is 97.6 cm³/mol. The molecule has 2 heterocycles. The molecule has 2 saturated heterocycles. The maximum absolute atomic E-state index is 6.07. The molecule has 0 bridgehead atoms. The second-order valence-electron chi connectivity index (χ2n) is 7.71. The maximum Gasteiger partial charge on any atom is 0.0657 e. The smallest absolute Gasteiger partial charge is 0.0657 e. The van der Waals surface area contributed by atoms with E-state index < -0.39 is 0 Å². The lowest BCUT2D eigenvalue weighted by molar-refractivity contribution is -0.132. The van der Waals surface area contributed by atoms with Gasteiger partial charge < -0.3 is 4.74 Å². The second kappa shape index (κ2) is 8.51. The van der Waals surface area contributed by atoms with Gasteiger partial charge in [-0.25, -0.2) is 0 Å². The van der Waals surface area contributed by atoms with E-state index in [2.05, 4.69) is 49.3 Å². The molecule has 1 spiro atoms. The zero-order valence-electron chi connectivity index (χ0n) is 15.8. The summed E-state index contributed by atoms with van der Waals surface area (Å²) in [5.41, 5.74) is 0.567. The van der Waals surface area contributed by atoms with Gasteiger partial charge in [-0.3, -0.25) is 9.80 Å². The van der Waals surface area contributed by atoms with Gasteiger partial charge >= 0.3 is 0 Å². The van der Waals surface area contributed by atoms with Crippen molar-refractivity contribution in [2.45, 2.75) is 65.4 Å². The van der Waals surface area contributed by atoms with Crippen molar-refractivity contribution in [3.05, 3.63) is 0 Å². The lowest BCUT2D eigenvalue weighted by Crippen LogP contribution is -2.51. The molecule has 0 saturated carbocycles. The van der Waals surface area contributed by atoms with Crippen molar-refractivity contribution in [1.29, 1.82) is 0 Å². The molecular formula is C20H36N2O. The summed E-state index contributed by atoms with van der Waals surface area (Å²) in [6.45, 7) is 16.4. The van der Waals surface area contributed by atoms with Crippen molar-refractivity contribution in [2.24, 2.45) is 5.41 Å². The van der Waals surface area contributed by atoms with Crippen molar-refractivity contribution in [3.63, 3.8) is 0 Å². The van der Waals surface area contributed by atoms with Gasteiger partial charge in [0, 0.05) is 13.2 Å². The monoisotopic (exact) mass is 320 g/mol. The predicted octanol–water partition coefficient (Wildman–Crippen LogP) is 3.39. The topological polar surface area (TPSA) is 15.7 Å². The Bertz CT molecular complexity index is 419. The number of nitrogens with zero attached hydrogens (tertiary/aromatic N) is 2. The molecule has 2 atom stereocenters. The molecule has 2 rings (SSSR count). The Labute approximate surface area is 143 Å². The molecule has 0 aromatic rings. The van der Waals surface area contributed by atoms with Gasteiger partial charge in [-0.05, 0) is 64.1 Å². The summed E-state index contributed by atoms with van der Waals surface area (Å²) >= 11 is 0. The highest BCUT2D eigenvalue weighted by Gasteiger charge is 2.44. The van der Waals surface area contributed by atoms with Crippen molar-refractivity contribution in [1.82, 2.24) is 9.80 Å². The summed E-state index contributed by atoms with van der Waals surface area (Å²) in [6.07, 6.45) is 6.26. The minimum absolute atomic E-state index is 0.0929. The van der Waals surface area contributed by atoms with Crippen LogP contribution >= 0.6 is 0 Å². The summed E-state index contributed by atoms with van der Waals surface area (Å²) in [5.74, 6) is 6.78. The van der Waals surface area contributed by atoms with Gasteiger partial charge in [-0.1, -0.05) is 32.6 Å². The van der Waals surface area contributed by atoms with Crippen molar-refractivity contribution in [3.8, 4) is 11.8 Å². The SMILES string of the molecule is CCN(CC)CC#CCN1CCCC2(CCOC(C)(CC)C2)C1. The average molecular weight is 321 g/mol.